The fraction of sp³-hybridized carbons (Fsp3) is 0.250. The second-order valence-electron chi connectivity index (χ2n) is 2.39. The molecule has 6 heteroatoms. The first-order chi connectivity index (χ1) is 6.61. The zero-order valence-corrected chi connectivity index (χ0v) is 9.77. The van der Waals surface area contributed by atoms with E-state index in [1.54, 1.807) is 0 Å². The summed E-state index contributed by atoms with van der Waals surface area (Å²) in [4.78, 5) is 10.1. The zero-order valence-electron chi connectivity index (χ0n) is 7.61. The van der Waals surface area contributed by atoms with Crippen LogP contribution in [0.15, 0.2) is 12.1 Å². The van der Waals surface area contributed by atoms with Crippen molar-refractivity contribution in [1.29, 1.82) is 0 Å². The van der Waals surface area contributed by atoms with Crippen molar-refractivity contribution in [2.75, 3.05) is 14.2 Å². The van der Waals surface area contributed by atoms with Crippen molar-refractivity contribution < 1.29 is 14.4 Å². The Balaban J connectivity index is 3.34. The first-order valence-corrected chi connectivity index (χ1v) is 4.74. The Morgan fingerprint density at radius 3 is 2.43 bits per heavy atom. The highest BCUT2D eigenvalue weighted by Gasteiger charge is 2.19. The molecule has 0 N–H and O–H groups in total. The lowest BCUT2D eigenvalue weighted by Crippen LogP contribution is -1.97. The van der Waals surface area contributed by atoms with Gasteiger partial charge in [-0.2, -0.15) is 0 Å². The smallest absolute Gasteiger partial charge is 0.286 e. The third-order valence-corrected chi connectivity index (χ3v) is 2.70. The van der Waals surface area contributed by atoms with Gasteiger partial charge in [-0.05, 0) is 28.7 Å². The molecule has 0 bridgehead atoms. The van der Waals surface area contributed by atoms with Gasteiger partial charge in [0.25, 0.3) is 5.69 Å². The number of ether oxygens (including phenoxy) is 2. The number of nitro groups is 1. The standard InChI is InChI=1S/C8H8INO4/c1-13-6-4-3-5(10(11)12)7(9)8(6)14-2/h3-4H,1-2H3. The van der Waals surface area contributed by atoms with Crippen molar-refractivity contribution in [1.82, 2.24) is 0 Å². The summed E-state index contributed by atoms with van der Waals surface area (Å²) in [6, 6.07) is 2.91. The molecule has 1 aromatic carbocycles. The molecule has 0 amide bonds. The topological polar surface area (TPSA) is 61.6 Å². The molecule has 0 fully saturated rings. The van der Waals surface area contributed by atoms with Crippen LogP contribution in [0.5, 0.6) is 11.5 Å². The maximum atomic E-state index is 10.6. The number of rotatable bonds is 3. The van der Waals surface area contributed by atoms with E-state index in [9.17, 15) is 10.1 Å². The normalized spacial score (nSPS) is 9.64. The molecular formula is C8H8INO4. The molecule has 0 aliphatic rings. The van der Waals surface area contributed by atoms with Gasteiger partial charge in [0.05, 0.1) is 19.1 Å². The van der Waals surface area contributed by atoms with Gasteiger partial charge in [0.15, 0.2) is 11.5 Å². The van der Waals surface area contributed by atoms with Crippen LogP contribution in [0.25, 0.3) is 0 Å². The fourth-order valence-corrected chi connectivity index (χ4v) is 1.88. The van der Waals surface area contributed by atoms with Gasteiger partial charge in [0.2, 0.25) is 0 Å². The van der Waals surface area contributed by atoms with Crippen LogP contribution in [-0.2, 0) is 0 Å². The maximum Gasteiger partial charge on any atom is 0.286 e. The molecule has 1 rings (SSSR count). The van der Waals surface area contributed by atoms with Gasteiger partial charge >= 0.3 is 0 Å². The Morgan fingerprint density at radius 2 is 2.00 bits per heavy atom. The molecule has 0 aromatic heterocycles. The first-order valence-electron chi connectivity index (χ1n) is 3.66. The summed E-state index contributed by atoms with van der Waals surface area (Å²) in [7, 11) is 2.93. The molecule has 0 saturated carbocycles. The van der Waals surface area contributed by atoms with E-state index in [0.29, 0.717) is 15.1 Å². The molecule has 0 aliphatic carbocycles. The quantitative estimate of drug-likeness (QED) is 0.488. The van der Waals surface area contributed by atoms with Gasteiger partial charge in [0, 0.05) is 6.07 Å². The van der Waals surface area contributed by atoms with Crippen molar-refractivity contribution in [3.63, 3.8) is 0 Å². The molecule has 0 spiro atoms. The number of benzene rings is 1. The molecule has 5 nitrogen and oxygen atoms in total. The van der Waals surface area contributed by atoms with Crippen LogP contribution in [0, 0.1) is 13.7 Å². The number of nitrogens with zero attached hydrogens (tertiary/aromatic N) is 1. The predicted molar refractivity (Wildman–Crippen MR) is 58.9 cm³/mol. The summed E-state index contributed by atoms with van der Waals surface area (Å²) in [5.41, 5.74) is 0.0169. The second-order valence-corrected chi connectivity index (χ2v) is 3.47. The number of halogens is 1. The lowest BCUT2D eigenvalue weighted by atomic mass is 10.3. The van der Waals surface area contributed by atoms with E-state index < -0.39 is 4.92 Å². The van der Waals surface area contributed by atoms with Gasteiger partial charge < -0.3 is 9.47 Å². The zero-order chi connectivity index (χ0) is 10.7. The van der Waals surface area contributed by atoms with Crippen LogP contribution in [0.4, 0.5) is 5.69 Å². The van der Waals surface area contributed by atoms with Gasteiger partial charge in [-0.25, -0.2) is 0 Å². The number of methoxy groups -OCH3 is 2. The number of hydrogen-bond acceptors (Lipinski definition) is 4. The van der Waals surface area contributed by atoms with Crippen LogP contribution in [0.2, 0.25) is 0 Å². The number of hydrogen-bond donors (Lipinski definition) is 0. The fourth-order valence-electron chi connectivity index (χ4n) is 1.02. The minimum absolute atomic E-state index is 0.0169. The van der Waals surface area contributed by atoms with Gasteiger partial charge in [-0.3, -0.25) is 10.1 Å². The first kappa shape index (κ1) is 11.0. The van der Waals surface area contributed by atoms with Gasteiger partial charge in [0.1, 0.15) is 3.57 Å². The van der Waals surface area contributed by atoms with Crippen molar-refractivity contribution in [2.24, 2.45) is 0 Å². The monoisotopic (exact) mass is 309 g/mol. The molecule has 0 radical (unpaired) electrons. The van der Waals surface area contributed by atoms with Crippen LogP contribution < -0.4 is 9.47 Å². The predicted octanol–water partition coefficient (Wildman–Crippen LogP) is 2.22. The van der Waals surface area contributed by atoms with Crippen LogP contribution >= 0.6 is 22.6 Å². The molecule has 0 saturated heterocycles. The largest absolute Gasteiger partial charge is 0.493 e. The highest BCUT2D eigenvalue weighted by Crippen LogP contribution is 2.37. The Bertz CT molecular complexity index is 367. The van der Waals surface area contributed by atoms with Crippen molar-refractivity contribution in [2.45, 2.75) is 0 Å². The molecule has 0 atom stereocenters. The number of nitro benzene ring substituents is 1. The van der Waals surface area contributed by atoms with Crippen molar-refractivity contribution >= 4 is 28.3 Å². The highest BCUT2D eigenvalue weighted by atomic mass is 127. The van der Waals surface area contributed by atoms with Crippen LogP contribution in [0.3, 0.4) is 0 Å². The minimum Gasteiger partial charge on any atom is -0.493 e. The van der Waals surface area contributed by atoms with E-state index >= 15 is 0 Å². The van der Waals surface area contributed by atoms with E-state index in [1.807, 2.05) is 22.6 Å². The van der Waals surface area contributed by atoms with Crippen LogP contribution in [0.1, 0.15) is 0 Å². The lowest BCUT2D eigenvalue weighted by molar-refractivity contribution is -0.385. The molecule has 76 valence electrons. The summed E-state index contributed by atoms with van der Waals surface area (Å²) in [6.07, 6.45) is 0. The minimum atomic E-state index is -0.455. The summed E-state index contributed by atoms with van der Waals surface area (Å²) < 4.78 is 10.5. The SMILES string of the molecule is COc1ccc([N+](=O)[O-])c(I)c1OC. The van der Waals surface area contributed by atoms with E-state index in [0.717, 1.165) is 0 Å². The third kappa shape index (κ3) is 1.89. The summed E-state index contributed by atoms with van der Waals surface area (Å²) in [5.74, 6) is 0.879. The Hall–Kier alpha value is -1.05. The van der Waals surface area contributed by atoms with Crippen molar-refractivity contribution in [3.05, 3.63) is 25.8 Å². The molecule has 0 unspecified atom stereocenters. The Labute approximate surface area is 94.3 Å². The molecule has 14 heavy (non-hydrogen) atoms. The average molecular weight is 309 g/mol. The highest BCUT2D eigenvalue weighted by molar-refractivity contribution is 14.1. The summed E-state index contributed by atoms with van der Waals surface area (Å²) in [6.45, 7) is 0. The molecular weight excluding hydrogens is 301 g/mol. The summed E-state index contributed by atoms with van der Waals surface area (Å²) >= 11 is 1.86. The Morgan fingerprint density at radius 1 is 1.36 bits per heavy atom. The van der Waals surface area contributed by atoms with E-state index in [2.05, 4.69) is 0 Å². The van der Waals surface area contributed by atoms with Gasteiger partial charge in [-0.15, -0.1) is 0 Å². The van der Waals surface area contributed by atoms with E-state index in [4.69, 9.17) is 9.47 Å². The van der Waals surface area contributed by atoms with E-state index in [1.165, 1.54) is 26.4 Å². The summed E-state index contributed by atoms with van der Waals surface area (Å²) in [5, 5.41) is 10.6. The molecule has 0 heterocycles. The average Bonchev–Trinajstić information content (AvgIpc) is 2.16. The molecule has 0 aliphatic heterocycles. The van der Waals surface area contributed by atoms with Crippen LogP contribution in [-0.4, -0.2) is 19.1 Å². The Kier molecular flexibility index (Phi) is 3.50. The second kappa shape index (κ2) is 4.45. The van der Waals surface area contributed by atoms with Gasteiger partial charge in [-0.1, -0.05) is 0 Å². The van der Waals surface area contributed by atoms with E-state index in [-0.39, 0.29) is 5.69 Å². The lowest BCUT2D eigenvalue weighted by Gasteiger charge is -2.08. The molecule has 1 aromatic rings. The van der Waals surface area contributed by atoms with Crippen molar-refractivity contribution in [3.8, 4) is 11.5 Å². The maximum absolute atomic E-state index is 10.6. The third-order valence-electron chi connectivity index (χ3n) is 1.66.